The lowest BCUT2D eigenvalue weighted by atomic mass is 9.85. The molecule has 2 heterocycles. The van der Waals surface area contributed by atoms with Crippen LogP contribution in [0.1, 0.15) is 37.7 Å². The quantitative estimate of drug-likeness (QED) is 0.233. The number of carbonyl (C=O) groups excluding carboxylic acids is 2. The van der Waals surface area contributed by atoms with Gasteiger partial charge in [-0.1, -0.05) is 30.3 Å². The summed E-state index contributed by atoms with van der Waals surface area (Å²) < 4.78 is 11.6. The highest BCUT2D eigenvalue weighted by atomic mass is 32.2. The molecule has 2 aliphatic rings. The molecular formula is C23H34N3O7PS. The highest BCUT2D eigenvalue weighted by molar-refractivity contribution is 7.98. The summed E-state index contributed by atoms with van der Waals surface area (Å²) in [5.41, 5.74) is -0.669. The molecule has 1 aromatic carbocycles. The molecule has 1 amide bonds. The van der Waals surface area contributed by atoms with Crippen molar-refractivity contribution in [1.29, 1.82) is 0 Å². The third-order valence-corrected chi connectivity index (χ3v) is 8.14. The zero-order valence-electron chi connectivity index (χ0n) is 19.8. The van der Waals surface area contributed by atoms with Crippen LogP contribution in [0.15, 0.2) is 30.3 Å². The van der Waals surface area contributed by atoms with Gasteiger partial charge in [-0.3, -0.25) is 14.5 Å². The Bertz CT molecular complexity index is 960. The van der Waals surface area contributed by atoms with Gasteiger partial charge in [0.25, 0.3) is 0 Å². The van der Waals surface area contributed by atoms with Gasteiger partial charge in [-0.05, 0) is 62.6 Å². The Morgan fingerprint density at radius 2 is 1.91 bits per heavy atom. The monoisotopic (exact) mass is 527 g/mol. The van der Waals surface area contributed by atoms with E-state index in [9.17, 15) is 33.8 Å². The van der Waals surface area contributed by atoms with E-state index in [0.29, 0.717) is 44.5 Å². The van der Waals surface area contributed by atoms with Crippen LogP contribution in [0.5, 0.6) is 0 Å². The largest absolute Gasteiger partial charge is 0.480 e. The Labute approximate surface area is 209 Å². The minimum absolute atomic E-state index is 0.172. The maximum absolute atomic E-state index is 13.9. The minimum atomic E-state index is -4.69. The van der Waals surface area contributed by atoms with Crippen molar-refractivity contribution in [3.63, 3.8) is 0 Å². The third kappa shape index (κ3) is 6.53. The fourth-order valence-electron chi connectivity index (χ4n) is 5.17. The van der Waals surface area contributed by atoms with E-state index in [0.717, 1.165) is 5.56 Å². The molecule has 194 valence electrons. The van der Waals surface area contributed by atoms with Crippen LogP contribution < -0.4 is 5.09 Å². The molecule has 2 fully saturated rings. The summed E-state index contributed by atoms with van der Waals surface area (Å²) in [6, 6.07) is 7.55. The summed E-state index contributed by atoms with van der Waals surface area (Å²) >= 11 is 1.44. The van der Waals surface area contributed by atoms with E-state index in [2.05, 4.69) is 5.09 Å². The van der Waals surface area contributed by atoms with Crippen molar-refractivity contribution in [3.05, 3.63) is 35.9 Å². The highest BCUT2D eigenvalue weighted by Crippen LogP contribution is 2.36. The van der Waals surface area contributed by atoms with E-state index in [1.54, 1.807) is 4.90 Å². The number of benzene rings is 1. The van der Waals surface area contributed by atoms with E-state index in [-0.39, 0.29) is 19.4 Å². The van der Waals surface area contributed by atoms with Crippen LogP contribution in [0, 0.1) is 0 Å². The molecule has 2 aliphatic heterocycles. The highest BCUT2D eigenvalue weighted by Gasteiger charge is 2.57. The Morgan fingerprint density at radius 1 is 1.20 bits per heavy atom. The number of hydrogen-bond acceptors (Lipinski definition) is 6. The van der Waals surface area contributed by atoms with Crippen molar-refractivity contribution >= 4 is 37.2 Å². The zero-order valence-corrected chi connectivity index (χ0v) is 21.5. The summed E-state index contributed by atoms with van der Waals surface area (Å²) in [6.45, 7) is 1.12. The van der Waals surface area contributed by atoms with E-state index in [1.165, 1.54) is 16.7 Å². The molecule has 0 bridgehead atoms. The molecular weight excluding hydrogens is 493 g/mol. The lowest BCUT2D eigenvalue weighted by Crippen LogP contribution is -2.63. The van der Waals surface area contributed by atoms with Crippen molar-refractivity contribution < 1.29 is 33.8 Å². The number of rotatable bonds is 12. The van der Waals surface area contributed by atoms with E-state index in [1.807, 2.05) is 36.6 Å². The van der Waals surface area contributed by atoms with Gasteiger partial charge >= 0.3 is 13.7 Å². The van der Waals surface area contributed by atoms with Gasteiger partial charge in [-0.25, -0.2) is 14.4 Å². The first kappa shape index (κ1) is 27.8. The molecule has 4 N–H and O–H groups in total. The second-order valence-corrected chi connectivity index (χ2v) is 11.4. The van der Waals surface area contributed by atoms with Gasteiger partial charge in [0.1, 0.15) is 0 Å². The molecule has 0 aromatic heterocycles. The van der Waals surface area contributed by atoms with Gasteiger partial charge in [0.05, 0.1) is 12.1 Å². The van der Waals surface area contributed by atoms with Crippen molar-refractivity contribution in [2.75, 3.05) is 31.6 Å². The number of ketones is 1. The van der Waals surface area contributed by atoms with Crippen LogP contribution in [-0.4, -0.2) is 91.6 Å². The molecule has 0 spiro atoms. The number of hydrogen-bond donors (Lipinski definition) is 4. The lowest BCUT2D eigenvalue weighted by Gasteiger charge is -2.38. The SMILES string of the molecule is CSCC[C@H](NP(=O)(O)O)C(=O)N1CCC[C@H]1C(=O)[C@@]1(C(=O)O)CCCN1CCc1ccccc1. The van der Waals surface area contributed by atoms with Crippen LogP contribution in [0.25, 0.3) is 0 Å². The average molecular weight is 528 g/mol. The summed E-state index contributed by atoms with van der Waals surface area (Å²) in [5, 5.41) is 12.4. The van der Waals surface area contributed by atoms with E-state index < -0.39 is 43.0 Å². The first-order chi connectivity index (χ1) is 16.6. The van der Waals surface area contributed by atoms with Crippen LogP contribution >= 0.6 is 19.5 Å². The van der Waals surface area contributed by atoms with Gasteiger partial charge in [0, 0.05) is 13.1 Å². The summed E-state index contributed by atoms with van der Waals surface area (Å²) in [4.78, 5) is 61.7. The summed E-state index contributed by atoms with van der Waals surface area (Å²) in [5.74, 6) is -1.81. The van der Waals surface area contributed by atoms with E-state index in [4.69, 9.17) is 0 Å². The molecule has 10 nitrogen and oxygen atoms in total. The Hall–Kier alpha value is -1.75. The maximum atomic E-state index is 13.9. The Kier molecular flexibility index (Phi) is 9.53. The fraction of sp³-hybridized carbons (Fsp3) is 0.609. The second-order valence-electron chi connectivity index (χ2n) is 9.05. The third-order valence-electron chi connectivity index (χ3n) is 6.85. The number of likely N-dealkylation sites (tertiary alicyclic amines) is 2. The first-order valence-electron chi connectivity index (χ1n) is 11.8. The first-order valence-corrected chi connectivity index (χ1v) is 14.8. The van der Waals surface area contributed by atoms with Gasteiger partial charge in [0.15, 0.2) is 11.3 Å². The smallest absolute Gasteiger partial charge is 0.401 e. The van der Waals surface area contributed by atoms with Crippen molar-refractivity contribution in [2.45, 2.75) is 56.1 Å². The standard InChI is InChI=1S/C23H34N3O7PS/c1-35-16-11-18(24-34(31,32)33)21(28)26-14-5-9-19(26)20(27)23(22(29)30)12-6-13-25(23)15-10-17-7-3-2-4-8-17/h2-4,7-8,18-19H,5-6,9-16H2,1H3,(H,29,30)(H3,24,31,32,33)/t18-,19-,23+/m0/s1. The predicted molar refractivity (Wildman–Crippen MR) is 133 cm³/mol. The molecule has 0 aliphatic carbocycles. The van der Waals surface area contributed by atoms with Gasteiger partial charge in [-0.2, -0.15) is 11.8 Å². The molecule has 0 unspecified atom stereocenters. The Balaban J connectivity index is 1.82. The van der Waals surface area contributed by atoms with E-state index >= 15 is 0 Å². The number of amides is 1. The number of Topliss-reactive ketones (excluding diaryl/α,β-unsaturated/α-hetero) is 1. The van der Waals surface area contributed by atoms with Gasteiger partial charge in [0.2, 0.25) is 5.91 Å². The molecule has 35 heavy (non-hydrogen) atoms. The van der Waals surface area contributed by atoms with Crippen LogP contribution in [0.3, 0.4) is 0 Å². The maximum Gasteiger partial charge on any atom is 0.401 e. The summed E-state index contributed by atoms with van der Waals surface area (Å²) in [7, 11) is -4.69. The van der Waals surface area contributed by atoms with Gasteiger partial charge < -0.3 is 19.8 Å². The Morgan fingerprint density at radius 3 is 2.54 bits per heavy atom. The van der Waals surface area contributed by atoms with Crippen molar-refractivity contribution in [3.8, 4) is 0 Å². The van der Waals surface area contributed by atoms with Crippen molar-refractivity contribution in [1.82, 2.24) is 14.9 Å². The number of carbonyl (C=O) groups is 3. The predicted octanol–water partition coefficient (Wildman–Crippen LogP) is 1.51. The average Bonchev–Trinajstić information content (AvgIpc) is 3.47. The lowest BCUT2D eigenvalue weighted by molar-refractivity contribution is -0.159. The van der Waals surface area contributed by atoms with Crippen LogP contribution in [0.4, 0.5) is 0 Å². The zero-order chi connectivity index (χ0) is 25.6. The minimum Gasteiger partial charge on any atom is -0.480 e. The number of nitrogens with one attached hydrogen (secondary N) is 1. The van der Waals surface area contributed by atoms with Crippen LogP contribution in [0.2, 0.25) is 0 Å². The number of aliphatic carboxylic acids is 1. The number of carboxylic acids is 1. The summed E-state index contributed by atoms with van der Waals surface area (Å²) in [6.07, 6.45) is 4.18. The normalized spacial score (nSPS) is 24.0. The molecule has 1 aromatic rings. The molecule has 0 radical (unpaired) electrons. The fourth-order valence-corrected chi connectivity index (χ4v) is 6.29. The molecule has 0 saturated carbocycles. The number of thioether (sulfide) groups is 1. The molecule has 3 rings (SSSR count). The molecule has 3 atom stereocenters. The van der Waals surface area contributed by atoms with Gasteiger partial charge in [-0.15, -0.1) is 0 Å². The number of carboxylic acid groups (broad SMARTS) is 1. The van der Waals surface area contributed by atoms with Crippen LogP contribution in [-0.2, 0) is 25.4 Å². The number of nitrogens with zero attached hydrogens (tertiary/aromatic N) is 2. The molecule has 2 saturated heterocycles. The van der Waals surface area contributed by atoms with Crippen molar-refractivity contribution in [2.24, 2.45) is 0 Å². The topological polar surface area (TPSA) is 147 Å². The molecule has 12 heteroatoms. The second kappa shape index (κ2) is 12.0.